The molecule has 2 atom stereocenters. The van der Waals surface area contributed by atoms with Crippen molar-refractivity contribution in [3.05, 3.63) is 33.9 Å². The zero-order valence-corrected chi connectivity index (χ0v) is 13.5. The van der Waals surface area contributed by atoms with E-state index in [-0.39, 0.29) is 29.3 Å². The van der Waals surface area contributed by atoms with E-state index >= 15 is 0 Å². The first-order valence-corrected chi connectivity index (χ1v) is 7.49. The highest BCUT2D eigenvalue weighted by Crippen LogP contribution is 2.27. The van der Waals surface area contributed by atoms with E-state index in [1.807, 2.05) is 14.0 Å². The molecule has 1 heterocycles. The van der Waals surface area contributed by atoms with Gasteiger partial charge in [0.2, 0.25) is 0 Å². The summed E-state index contributed by atoms with van der Waals surface area (Å²) in [6.07, 6.45) is -0.0491. The molecule has 2 N–H and O–H groups in total. The van der Waals surface area contributed by atoms with Crippen LogP contribution in [-0.2, 0) is 4.74 Å². The maximum Gasteiger partial charge on any atom is 0.293 e. The van der Waals surface area contributed by atoms with Crippen LogP contribution in [0.4, 0.5) is 11.4 Å². The van der Waals surface area contributed by atoms with E-state index in [1.54, 1.807) is 12.1 Å². The number of hydrogen-bond donors (Lipinski definition) is 2. The SMILES string of the molecule is CNC(=O)c1ccc(NC(C)C2CN(C)CCO2)c([N+](=O)[O-])c1. The fraction of sp³-hybridized carbons (Fsp3) is 0.533. The first-order valence-electron chi connectivity index (χ1n) is 7.49. The van der Waals surface area contributed by atoms with Crippen molar-refractivity contribution in [3.63, 3.8) is 0 Å². The lowest BCUT2D eigenvalue weighted by atomic mass is 10.1. The molecular weight excluding hydrogens is 300 g/mol. The molecule has 1 saturated heterocycles. The minimum absolute atomic E-state index is 0.0491. The standard InChI is InChI=1S/C15H22N4O4/c1-10(14-9-18(3)6-7-23-14)17-12-5-4-11(15(20)16-2)8-13(12)19(21)22/h4-5,8,10,14,17H,6-7,9H2,1-3H3,(H,16,20). The molecule has 0 saturated carbocycles. The Kier molecular flexibility index (Phi) is 5.51. The molecule has 126 valence electrons. The quantitative estimate of drug-likeness (QED) is 0.622. The van der Waals surface area contributed by atoms with Crippen molar-refractivity contribution >= 4 is 17.3 Å². The van der Waals surface area contributed by atoms with E-state index in [2.05, 4.69) is 15.5 Å². The summed E-state index contributed by atoms with van der Waals surface area (Å²) in [5.41, 5.74) is 0.514. The van der Waals surface area contributed by atoms with Crippen molar-refractivity contribution in [2.75, 3.05) is 39.1 Å². The van der Waals surface area contributed by atoms with Crippen LogP contribution in [0.3, 0.4) is 0 Å². The Labute approximate surface area is 134 Å². The average Bonchev–Trinajstić information content (AvgIpc) is 2.54. The van der Waals surface area contributed by atoms with Crippen LogP contribution in [0, 0.1) is 10.1 Å². The van der Waals surface area contributed by atoms with Gasteiger partial charge in [0.05, 0.1) is 23.7 Å². The molecule has 0 bridgehead atoms. The third-order valence-corrected chi connectivity index (χ3v) is 3.92. The molecule has 0 spiro atoms. The highest BCUT2D eigenvalue weighted by Gasteiger charge is 2.26. The smallest absolute Gasteiger partial charge is 0.293 e. The van der Waals surface area contributed by atoms with Crippen molar-refractivity contribution in [3.8, 4) is 0 Å². The van der Waals surface area contributed by atoms with Gasteiger partial charge in [-0.3, -0.25) is 14.9 Å². The Balaban J connectivity index is 2.18. The predicted octanol–water partition coefficient (Wildman–Crippen LogP) is 1.09. The van der Waals surface area contributed by atoms with Gasteiger partial charge in [0.25, 0.3) is 11.6 Å². The Morgan fingerprint density at radius 3 is 2.87 bits per heavy atom. The number of likely N-dealkylation sites (N-methyl/N-ethyl adjacent to an activating group) is 1. The maximum atomic E-state index is 11.6. The van der Waals surface area contributed by atoms with Crippen LogP contribution in [0.15, 0.2) is 18.2 Å². The van der Waals surface area contributed by atoms with Gasteiger partial charge in [-0.2, -0.15) is 0 Å². The minimum Gasteiger partial charge on any atom is -0.374 e. The number of nitrogens with one attached hydrogen (secondary N) is 2. The van der Waals surface area contributed by atoms with Gasteiger partial charge in [0.1, 0.15) is 5.69 Å². The molecule has 1 aliphatic heterocycles. The monoisotopic (exact) mass is 322 g/mol. The number of amides is 1. The number of rotatable bonds is 5. The summed E-state index contributed by atoms with van der Waals surface area (Å²) < 4.78 is 5.72. The van der Waals surface area contributed by atoms with Gasteiger partial charge < -0.3 is 20.3 Å². The van der Waals surface area contributed by atoms with E-state index in [1.165, 1.54) is 13.1 Å². The van der Waals surface area contributed by atoms with Crippen LogP contribution >= 0.6 is 0 Å². The summed E-state index contributed by atoms with van der Waals surface area (Å²) in [7, 11) is 3.50. The van der Waals surface area contributed by atoms with Crippen molar-refractivity contribution < 1.29 is 14.5 Å². The molecule has 8 heteroatoms. The summed E-state index contributed by atoms with van der Waals surface area (Å²) in [4.78, 5) is 24.6. The summed E-state index contributed by atoms with van der Waals surface area (Å²) in [6, 6.07) is 4.31. The van der Waals surface area contributed by atoms with Gasteiger partial charge in [-0.25, -0.2) is 0 Å². The van der Waals surface area contributed by atoms with Crippen molar-refractivity contribution in [1.82, 2.24) is 10.2 Å². The second-order valence-electron chi connectivity index (χ2n) is 5.67. The van der Waals surface area contributed by atoms with Gasteiger partial charge >= 0.3 is 0 Å². The molecule has 1 aromatic carbocycles. The minimum atomic E-state index is -0.491. The summed E-state index contributed by atoms with van der Waals surface area (Å²) >= 11 is 0. The number of carbonyl (C=O) groups excluding carboxylic acids is 1. The van der Waals surface area contributed by atoms with E-state index in [0.717, 1.165) is 13.1 Å². The molecule has 8 nitrogen and oxygen atoms in total. The van der Waals surface area contributed by atoms with Crippen LogP contribution in [0.25, 0.3) is 0 Å². The molecule has 0 aliphatic carbocycles. The molecule has 1 aromatic rings. The van der Waals surface area contributed by atoms with E-state index in [4.69, 9.17) is 4.74 Å². The molecule has 2 rings (SSSR count). The lowest BCUT2D eigenvalue weighted by molar-refractivity contribution is -0.384. The number of carbonyl (C=O) groups is 1. The Morgan fingerprint density at radius 2 is 2.26 bits per heavy atom. The zero-order valence-electron chi connectivity index (χ0n) is 13.5. The van der Waals surface area contributed by atoms with Crippen LogP contribution in [0.2, 0.25) is 0 Å². The van der Waals surface area contributed by atoms with Gasteiger partial charge in [-0.15, -0.1) is 0 Å². The third-order valence-electron chi connectivity index (χ3n) is 3.92. The molecule has 1 amide bonds. The van der Waals surface area contributed by atoms with Crippen LogP contribution in [0.1, 0.15) is 17.3 Å². The highest BCUT2D eigenvalue weighted by molar-refractivity contribution is 5.95. The van der Waals surface area contributed by atoms with Crippen LogP contribution in [0.5, 0.6) is 0 Å². The predicted molar refractivity (Wildman–Crippen MR) is 86.8 cm³/mol. The van der Waals surface area contributed by atoms with E-state index in [0.29, 0.717) is 12.3 Å². The summed E-state index contributed by atoms with van der Waals surface area (Å²) in [6.45, 7) is 4.22. The Bertz CT molecular complexity index is 593. The van der Waals surface area contributed by atoms with Crippen molar-refractivity contribution in [2.45, 2.75) is 19.1 Å². The maximum absolute atomic E-state index is 11.6. The Hall–Kier alpha value is -2.19. The van der Waals surface area contributed by atoms with Crippen LogP contribution < -0.4 is 10.6 Å². The van der Waals surface area contributed by atoms with Crippen molar-refractivity contribution in [1.29, 1.82) is 0 Å². The fourth-order valence-electron chi connectivity index (χ4n) is 2.54. The topological polar surface area (TPSA) is 96.7 Å². The van der Waals surface area contributed by atoms with Gasteiger partial charge in [-0.05, 0) is 26.1 Å². The lowest BCUT2D eigenvalue weighted by Gasteiger charge is -2.34. The molecule has 2 unspecified atom stereocenters. The van der Waals surface area contributed by atoms with Gasteiger partial charge in [0, 0.05) is 31.8 Å². The average molecular weight is 322 g/mol. The van der Waals surface area contributed by atoms with E-state index in [9.17, 15) is 14.9 Å². The number of nitro benzene ring substituents is 1. The highest BCUT2D eigenvalue weighted by atomic mass is 16.6. The molecule has 1 fully saturated rings. The van der Waals surface area contributed by atoms with Gasteiger partial charge in [-0.1, -0.05) is 0 Å². The molecule has 23 heavy (non-hydrogen) atoms. The largest absolute Gasteiger partial charge is 0.374 e. The molecule has 0 aromatic heterocycles. The number of ether oxygens (including phenoxy) is 1. The first kappa shape index (κ1) is 17.2. The molecule has 0 radical (unpaired) electrons. The number of hydrogen-bond acceptors (Lipinski definition) is 6. The molecular formula is C15H22N4O4. The second kappa shape index (κ2) is 7.38. The van der Waals surface area contributed by atoms with Gasteiger partial charge in [0.15, 0.2) is 0 Å². The lowest BCUT2D eigenvalue weighted by Crippen LogP contribution is -2.47. The number of benzene rings is 1. The number of anilines is 1. The third kappa shape index (κ3) is 4.17. The first-order chi connectivity index (χ1) is 10.9. The zero-order chi connectivity index (χ0) is 17.0. The van der Waals surface area contributed by atoms with E-state index < -0.39 is 4.92 Å². The summed E-state index contributed by atoms with van der Waals surface area (Å²) in [5.74, 6) is -0.357. The number of nitrogens with zero attached hydrogens (tertiary/aromatic N) is 2. The summed E-state index contributed by atoms with van der Waals surface area (Å²) in [5, 5.41) is 16.9. The fourth-order valence-corrected chi connectivity index (χ4v) is 2.54. The normalized spacial score (nSPS) is 19.9. The number of nitro groups is 1. The molecule has 1 aliphatic rings. The second-order valence-corrected chi connectivity index (χ2v) is 5.67. The van der Waals surface area contributed by atoms with Crippen molar-refractivity contribution in [2.24, 2.45) is 0 Å². The van der Waals surface area contributed by atoms with Crippen LogP contribution in [-0.4, -0.2) is 61.7 Å². The Morgan fingerprint density at radius 1 is 1.52 bits per heavy atom. The number of morpholine rings is 1.